The summed E-state index contributed by atoms with van der Waals surface area (Å²) in [6, 6.07) is 9.56. The summed E-state index contributed by atoms with van der Waals surface area (Å²) in [5.74, 6) is 1.37. The lowest BCUT2D eigenvalue weighted by Gasteiger charge is -2.12. The fraction of sp³-hybridized carbons (Fsp3) is 0.316. The van der Waals surface area contributed by atoms with Gasteiger partial charge in [-0.3, -0.25) is 0 Å². The van der Waals surface area contributed by atoms with Gasteiger partial charge in [0.25, 0.3) is 10.0 Å². The van der Waals surface area contributed by atoms with E-state index < -0.39 is 10.0 Å². The third kappa shape index (κ3) is 5.77. The van der Waals surface area contributed by atoms with E-state index in [0.29, 0.717) is 30.3 Å². The van der Waals surface area contributed by atoms with Gasteiger partial charge in [-0.15, -0.1) is 0 Å². The molecule has 0 heterocycles. The lowest BCUT2D eigenvalue weighted by Crippen LogP contribution is -2.19. The highest BCUT2D eigenvalue weighted by Gasteiger charge is 2.19. The molecule has 0 aliphatic heterocycles. The first kappa shape index (κ1) is 21.8. The molecule has 0 saturated heterocycles. The van der Waals surface area contributed by atoms with Crippen molar-refractivity contribution in [3.05, 3.63) is 47.0 Å². The molecule has 0 unspecified atom stereocenters. The fourth-order valence-electron chi connectivity index (χ4n) is 2.28. The average molecular weight is 427 g/mol. The maximum Gasteiger partial charge on any atom is 0.280 e. The van der Waals surface area contributed by atoms with Crippen molar-refractivity contribution in [2.45, 2.75) is 25.2 Å². The number of nitrogens with one attached hydrogen (secondary N) is 1. The summed E-state index contributed by atoms with van der Waals surface area (Å²) in [6.45, 7) is 4.94. The molecule has 0 aliphatic carbocycles. The quantitative estimate of drug-likeness (QED) is 0.460. The molecule has 9 heteroatoms. The van der Waals surface area contributed by atoms with Gasteiger partial charge in [0.05, 0.1) is 26.5 Å². The summed E-state index contributed by atoms with van der Waals surface area (Å²) in [5.41, 5.74) is 0.646. The maximum absolute atomic E-state index is 12.5. The van der Waals surface area contributed by atoms with Crippen molar-refractivity contribution >= 4 is 27.8 Å². The van der Waals surface area contributed by atoms with Crippen LogP contribution in [0.5, 0.6) is 17.2 Å². The Morgan fingerprint density at radius 2 is 1.82 bits per heavy atom. The Bertz CT molecular complexity index is 932. The second-order valence-corrected chi connectivity index (χ2v) is 7.70. The Morgan fingerprint density at radius 1 is 1.07 bits per heavy atom. The predicted molar refractivity (Wildman–Crippen MR) is 109 cm³/mol. The van der Waals surface area contributed by atoms with Crippen molar-refractivity contribution in [2.24, 2.45) is 5.10 Å². The monoisotopic (exact) mass is 426 g/mol. The Labute approximate surface area is 170 Å². The zero-order chi connectivity index (χ0) is 20.6. The Morgan fingerprint density at radius 3 is 2.50 bits per heavy atom. The van der Waals surface area contributed by atoms with Gasteiger partial charge in [0.1, 0.15) is 10.6 Å². The molecule has 0 saturated carbocycles. The molecular weight excluding hydrogens is 404 g/mol. The number of benzene rings is 2. The number of hydrazone groups is 1. The maximum atomic E-state index is 12.5. The lowest BCUT2D eigenvalue weighted by atomic mass is 10.2. The minimum Gasteiger partial charge on any atom is -0.495 e. The van der Waals surface area contributed by atoms with Crippen molar-refractivity contribution in [1.29, 1.82) is 0 Å². The number of rotatable bonds is 10. The van der Waals surface area contributed by atoms with Gasteiger partial charge in [0, 0.05) is 5.02 Å². The molecule has 0 atom stereocenters. The normalized spacial score (nSPS) is 11.4. The highest BCUT2D eigenvalue weighted by atomic mass is 35.5. The van der Waals surface area contributed by atoms with E-state index >= 15 is 0 Å². The number of halogens is 1. The molecule has 0 radical (unpaired) electrons. The van der Waals surface area contributed by atoms with E-state index in [9.17, 15) is 8.42 Å². The number of methoxy groups -OCH3 is 1. The molecule has 2 aromatic rings. The number of hydrogen-bond acceptors (Lipinski definition) is 6. The van der Waals surface area contributed by atoms with Crippen molar-refractivity contribution in [1.82, 2.24) is 4.83 Å². The van der Waals surface area contributed by atoms with E-state index in [1.807, 2.05) is 13.8 Å². The summed E-state index contributed by atoms with van der Waals surface area (Å²) in [4.78, 5) is 2.06. The first-order valence-electron chi connectivity index (χ1n) is 8.69. The Hall–Kier alpha value is -2.45. The Kier molecular flexibility index (Phi) is 7.95. The smallest absolute Gasteiger partial charge is 0.280 e. The van der Waals surface area contributed by atoms with Crippen molar-refractivity contribution < 1.29 is 22.6 Å². The van der Waals surface area contributed by atoms with E-state index in [1.165, 1.54) is 25.5 Å². The minimum atomic E-state index is -3.95. The first-order valence-corrected chi connectivity index (χ1v) is 10.6. The molecule has 0 amide bonds. The third-order valence-electron chi connectivity index (χ3n) is 3.53. The molecule has 0 aliphatic rings. The summed E-state index contributed by atoms with van der Waals surface area (Å²) in [6.07, 6.45) is 2.25. The van der Waals surface area contributed by atoms with Gasteiger partial charge < -0.3 is 14.2 Å². The Balaban J connectivity index is 2.19. The van der Waals surface area contributed by atoms with E-state index in [-0.39, 0.29) is 15.7 Å². The number of ether oxygens (including phenoxy) is 3. The summed E-state index contributed by atoms with van der Waals surface area (Å²) in [5, 5.41) is 4.10. The molecule has 2 rings (SSSR count). The van der Waals surface area contributed by atoms with E-state index in [0.717, 1.165) is 6.42 Å². The third-order valence-corrected chi connectivity index (χ3v) is 5.01. The number of hydrogen-bond donors (Lipinski definition) is 1. The molecule has 28 heavy (non-hydrogen) atoms. The van der Waals surface area contributed by atoms with Gasteiger partial charge in [0.2, 0.25) is 0 Å². The van der Waals surface area contributed by atoms with Crippen LogP contribution in [0.2, 0.25) is 5.02 Å². The van der Waals surface area contributed by atoms with Crippen LogP contribution in [0.1, 0.15) is 25.8 Å². The van der Waals surface area contributed by atoms with Crippen molar-refractivity contribution in [3.8, 4) is 17.2 Å². The molecule has 0 aromatic heterocycles. The summed E-state index contributed by atoms with van der Waals surface area (Å²) in [7, 11) is -2.57. The molecule has 0 fully saturated rings. The van der Waals surface area contributed by atoms with Crippen LogP contribution in [0.25, 0.3) is 0 Å². The van der Waals surface area contributed by atoms with E-state index in [2.05, 4.69) is 9.93 Å². The fourth-order valence-corrected chi connectivity index (χ4v) is 3.51. The second kappa shape index (κ2) is 10.2. The van der Waals surface area contributed by atoms with Gasteiger partial charge in [-0.25, -0.2) is 0 Å². The number of nitrogens with zero attached hydrogens (tertiary/aromatic N) is 1. The van der Waals surface area contributed by atoms with Gasteiger partial charge in [-0.05, 0) is 55.3 Å². The highest BCUT2D eigenvalue weighted by Crippen LogP contribution is 2.29. The second-order valence-electron chi connectivity index (χ2n) is 5.64. The van der Waals surface area contributed by atoms with Crippen LogP contribution in [-0.4, -0.2) is 35.0 Å². The molecule has 152 valence electrons. The van der Waals surface area contributed by atoms with Crippen molar-refractivity contribution in [3.63, 3.8) is 0 Å². The highest BCUT2D eigenvalue weighted by molar-refractivity contribution is 7.89. The van der Waals surface area contributed by atoms with E-state index in [1.54, 1.807) is 24.3 Å². The molecular formula is C19H23ClN2O5S. The van der Waals surface area contributed by atoms with Crippen LogP contribution in [0.3, 0.4) is 0 Å². The standard InChI is InChI=1S/C19H23ClN2O5S/c1-4-10-27-16-8-6-14(11-18(16)26-5-2)13-21-22-28(23,24)19-12-15(20)7-9-17(19)25-3/h6-9,11-13,22H,4-5,10H2,1-3H3/b21-13+. The number of sulfonamides is 1. The lowest BCUT2D eigenvalue weighted by molar-refractivity contribution is 0.277. The van der Waals surface area contributed by atoms with Gasteiger partial charge >= 0.3 is 0 Å². The van der Waals surface area contributed by atoms with Crippen LogP contribution in [0.15, 0.2) is 46.4 Å². The van der Waals surface area contributed by atoms with Gasteiger partial charge in [-0.1, -0.05) is 18.5 Å². The van der Waals surface area contributed by atoms with Gasteiger partial charge in [-0.2, -0.15) is 18.4 Å². The molecule has 1 N–H and O–H groups in total. The van der Waals surface area contributed by atoms with E-state index in [4.69, 9.17) is 25.8 Å². The zero-order valence-electron chi connectivity index (χ0n) is 15.9. The molecule has 2 aromatic carbocycles. The van der Waals surface area contributed by atoms with Crippen LogP contribution in [0, 0.1) is 0 Å². The van der Waals surface area contributed by atoms with Crippen LogP contribution in [-0.2, 0) is 10.0 Å². The van der Waals surface area contributed by atoms with Gasteiger partial charge in [0.15, 0.2) is 11.5 Å². The summed E-state index contributed by atoms with van der Waals surface area (Å²) < 4.78 is 41.3. The molecule has 0 spiro atoms. The summed E-state index contributed by atoms with van der Waals surface area (Å²) >= 11 is 5.90. The van der Waals surface area contributed by atoms with Crippen LogP contribution >= 0.6 is 11.6 Å². The van der Waals surface area contributed by atoms with Crippen molar-refractivity contribution in [2.75, 3.05) is 20.3 Å². The zero-order valence-corrected chi connectivity index (χ0v) is 17.5. The average Bonchev–Trinajstić information content (AvgIpc) is 2.67. The molecule has 0 bridgehead atoms. The molecule has 7 nitrogen and oxygen atoms in total. The van der Waals surface area contributed by atoms with Crippen LogP contribution in [0.4, 0.5) is 0 Å². The van der Waals surface area contributed by atoms with Crippen LogP contribution < -0.4 is 19.0 Å². The predicted octanol–water partition coefficient (Wildman–Crippen LogP) is 3.85. The first-order chi connectivity index (χ1) is 13.4. The largest absolute Gasteiger partial charge is 0.495 e. The SMILES string of the molecule is CCCOc1ccc(/C=N/NS(=O)(=O)c2cc(Cl)ccc2OC)cc1OCC. The minimum absolute atomic E-state index is 0.0991. The topological polar surface area (TPSA) is 86.2 Å².